The van der Waals surface area contributed by atoms with E-state index in [0.29, 0.717) is 22.3 Å². The molecule has 2 rings (SSSR count). The van der Waals surface area contributed by atoms with E-state index in [9.17, 15) is 9.59 Å². The van der Waals surface area contributed by atoms with Gasteiger partial charge in [0.1, 0.15) is 0 Å². The van der Waals surface area contributed by atoms with Crippen LogP contribution in [0.3, 0.4) is 0 Å². The van der Waals surface area contributed by atoms with Crippen molar-refractivity contribution < 1.29 is 23.8 Å². The Balaban J connectivity index is 1.99. The number of rotatable bonds is 8. The number of amides is 2. The fourth-order valence-corrected chi connectivity index (χ4v) is 2.73. The lowest BCUT2D eigenvalue weighted by atomic mass is 10.1. The summed E-state index contributed by atoms with van der Waals surface area (Å²) in [6.07, 6.45) is 0. The Morgan fingerprint density at radius 3 is 2.07 bits per heavy atom. The molecule has 150 valence electrons. The van der Waals surface area contributed by atoms with Gasteiger partial charge in [0.2, 0.25) is 11.7 Å². The van der Waals surface area contributed by atoms with Crippen LogP contribution in [0.4, 0.5) is 0 Å². The molecule has 0 saturated heterocycles. The van der Waals surface area contributed by atoms with Crippen LogP contribution in [0.15, 0.2) is 36.4 Å². The predicted molar refractivity (Wildman–Crippen MR) is 106 cm³/mol. The van der Waals surface area contributed by atoms with Crippen LogP contribution in [0.1, 0.15) is 28.9 Å². The second-order valence-electron chi connectivity index (χ2n) is 5.94. The number of carbonyl (C=O) groups is 2. The van der Waals surface area contributed by atoms with Crippen molar-refractivity contribution in [2.45, 2.75) is 13.0 Å². The first kappa shape index (κ1) is 21.4. The maximum Gasteiger partial charge on any atom is 0.251 e. The summed E-state index contributed by atoms with van der Waals surface area (Å²) in [4.78, 5) is 24.6. The second-order valence-corrected chi connectivity index (χ2v) is 6.37. The van der Waals surface area contributed by atoms with Crippen molar-refractivity contribution in [3.05, 3.63) is 52.5 Å². The van der Waals surface area contributed by atoms with Gasteiger partial charge in [0.25, 0.3) is 5.91 Å². The van der Waals surface area contributed by atoms with Crippen molar-refractivity contribution in [2.75, 3.05) is 27.9 Å². The van der Waals surface area contributed by atoms with Crippen LogP contribution in [-0.2, 0) is 4.79 Å². The molecule has 2 aromatic carbocycles. The molecule has 2 aromatic rings. The fraction of sp³-hybridized carbons (Fsp3) is 0.300. The number of halogens is 1. The van der Waals surface area contributed by atoms with Gasteiger partial charge < -0.3 is 24.8 Å². The molecule has 0 heterocycles. The minimum atomic E-state index is -0.437. The molecule has 1 unspecified atom stereocenters. The van der Waals surface area contributed by atoms with Crippen LogP contribution in [0.5, 0.6) is 17.2 Å². The van der Waals surface area contributed by atoms with Gasteiger partial charge in [0.05, 0.1) is 33.9 Å². The maximum absolute atomic E-state index is 12.4. The van der Waals surface area contributed by atoms with Gasteiger partial charge in [-0.05, 0) is 36.8 Å². The quantitative estimate of drug-likeness (QED) is 0.703. The van der Waals surface area contributed by atoms with Gasteiger partial charge in [0.15, 0.2) is 11.5 Å². The van der Waals surface area contributed by atoms with Crippen LogP contribution < -0.4 is 24.8 Å². The Labute approximate surface area is 168 Å². The summed E-state index contributed by atoms with van der Waals surface area (Å²) >= 11 is 5.87. The van der Waals surface area contributed by atoms with Crippen LogP contribution >= 0.6 is 11.6 Å². The van der Waals surface area contributed by atoms with Gasteiger partial charge in [-0.15, -0.1) is 0 Å². The number of methoxy groups -OCH3 is 3. The molecule has 0 spiro atoms. The van der Waals surface area contributed by atoms with Crippen molar-refractivity contribution in [2.24, 2.45) is 0 Å². The van der Waals surface area contributed by atoms with Crippen molar-refractivity contribution >= 4 is 23.4 Å². The second kappa shape index (κ2) is 9.85. The molecule has 7 nitrogen and oxygen atoms in total. The van der Waals surface area contributed by atoms with Crippen molar-refractivity contribution in [1.29, 1.82) is 0 Å². The van der Waals surface area contributed by atoms with E-state index in [1.807, 2.05) is 19.1 Å². The molecule has 2 amide bonds. The highest BCUT2D eigenvalue weighted by molar-refractivity contribution is 6.30. The number of carbonyl (C=O) groups excluding carboxylic acids is 2. The third-order valence-corrected chi connectivity index (χ3v) is 4.34. The fourth-order valence-electron chi connectivity index (χ4n) is 2.60. The molecule has 0 radical (unpaired) electrons. The summed E-state index contributed by atoms with van der Waals surface area (Å²) in [5.74, 6) is 0.341. The Kier molecular flexibility index (Phi) is 7.52. The summed E-state index contributed by atoms with van der Waals surface area (Å²) in [5, 5.41) is 6.03. The van der Waals surface area contributed by atoms with Gasteiger partial charge in [-0.2, -0.15) is 0 Å². The summed E-state index contributed by atoms with van der Waals surface area (Å²) in [6, 6.07) is 10.00. The Bertz CT molecular complexity index is 814. The van der Waals surface area contributed by atoms with Crippen LogP contribution in [0, 0.1) is 0 Å². The highest BCUT2D eigenvalue weighted by Crippen LogP contribution is 2.38. The lowest BCUT2D eigenvalue weighted by Gasteiger charge is -2.16. The number of benzene rings is 2. The van der Waals surface area contributed by atoms with Gasteiger partial charge in [-0.1, -0.05) is 23.7 Å². The third kappa shape index (κ3) is 5.29. The smallest absolute Gasteiger partial charge is 0.251 e. The van der Waals surface area contributed by atoms with E-state index in [1.54, 1.807) is 12.1 Å². The van der Waals surface area contributed by atoms with Gasteiger partial charge in [-0.3, -0.25) is 9.59 Å². The molecule has 8 heteroatoms. The van der Waals surface area contributed by atoms with E-state index in [-0.39, 0.29) is 24.1 Å². The Morgan fingerprint density at radius 1 is 1.00 bits per heavy atom. The zero-order valence-corrected chi connectivity index (χ0v) is 16.9. The highest BCUT2D eigenvalue weighted by atomic mass is 35.5. The molecule has 0 fully saturated rings. The molecule has 0 saturated carbocycles. The summed E-state index contributed by atoms with van der Waals surface area (Å²) < 4.78 is 15.7. The lowest BCUT2D eigenvalue weighted by molar-refractivity contribution is -0.120. The first-order chi connectivity index (χ1) is 13.4. The first-order valence-electron chi connectivity index (χ1n) is 8.52. The Hall–Kier alpha value is -2.93. The van der Waals surface area contributed by atoms with Gasteiger partial charge in [0, 0.05) is 10.6 Å². The van der Waals surface area contributed by atoms with E-state index in [2.05, 4.69) is 10.6 Å². The Morgan fingerprint density at radius 2 is 1.57 bits per heavy atom. The number of hydrogen-bond donors (Lipinski definition) is 2. The molecule has 0 bridgehead atoms. The van der Waals surface area contributed by atoms with Crippen LogP contribution in [-0.4, -0.2) is 39.7 Å². The lowest BCUT2D eigenvalue weighted by Crippen LogP contribution is -2.38. The molecule has 2 N–H and O–H groups in total. The van der Waals surface area contributed by atoms with Gasteiger partial charge in [-0.25, -0.2) is 0 Å². The molecular weight excluding hydrogens is 384 g/mol. The largest absolute Gasteiger partial charge is 0.493 e. The average Bonchev–Trinajstić information content (AvgIpc) is 2.71. The van der Waals surface area contributed by atoms with E-state index < -0.39 is 5.91 Å². The van der Waals surface area contributed by atoms with Crippen molar-refractivity contribution in [1.82, 2.24) is 10.6 Å². The average molecular weight is 407 g/mol. The number of ether oxygens (including phenoxy) is 3. The number of hydrogen-bond acceptors (Lipinski definition) is 5. The number of nitrogens with one attached hydrogen (secondary N) is 2. The third-order valence-electron chi connectivity index (χ3n) is 4.08. The van der Waals surface area contributed by atoms with E-state index in [4.69, 9.17) is 25.8 Å². The molecule has 1 atom stereocenters. The standard InChI is InChI=1S/C20H23ClN2O5/c1-12(13-5-7-15(21)8-6-13)23-18(24)11-22-20(25)14-9-16(26-2)19(28-4)17(10-14)27-3/h5-10,12H,11H2,1-4H3,(H,22,25)(H,23,24). The van der Waals surface area contributed by atoms with Crippen molar-refractivity contribution in [3.8, 4) is 17.2 Å². The normalized spacial score (nSPS) is 11.3. The summed E-state index contributed by atoms with van der Waals surface area (Å²) in [6.45, 7) is 1.68. The molecule has 0 aliphatic heterocycles. The zero-order chi connectivity index (χ0) is 20.7. The highest BCUT2D eigenvalue weighted by Gasteiger charge is 2.18. The summed E-state index contributed by atoms with van der Waals surface area (Å²) in [5.41, 5.74) is 1.20. The van der Waals surface area contributed by atoms with E-state index in [0.717, 1.165) is 5.56 Å². The SMILES string of the molecule is COc1cc(C(=O)NCC(=O)NC(C)c2ccc(Cl)cc2)cc(OC)c1OC. The van der Waals surface area contributed by atoms with Crippen LogP contribution in [0.2, 0.25) is 5.02 Å². The molecule has 0 aromatic heterocycles. The monoisotopic (exact) mass is 406 g/mol. The van der Waals surface area contributed by atoms with Crippen molar-refractivity contribution in [3.63, 3.8) is 0 Å². The zero-order valence-electron chi connectivity index (χ0n) is 16.2. The molecule has 0 aliphatic rings. The molecular formula is C20H23ClN2O5. The summed E-state index contributed by atoms with van der Waals surface area (Å²) in [7, 11) is 4.40. The minimum absolute atomic E-state index is 0.173. The minimum Gasteiger partial charge on any atom is -0.493 e. The molecule has 28 heavy (non-hydrogen) atoms. The maximum atomic E-state index is 12.4. The van der Waals surface area contributed by atoms with Gasteiger partial charge >= 0.3 is 0 Å². The predicted octanol–water partition coefficient (Wildman–Crippen LogP) is 2.97. The van der Waals surface area contributed by atoms with Crippen LogP contribution in [0.25, 0.3) is 0 Å². The first-order valence-corrected chi connectivity index (χ1v) is 8.90. The topological polar surface area (TPSA) is 85.9 Å². The van der Waals surface area contributed by atoms with E-state index in [1.165, 1.54) is 33.5 Å². The van der Waals surface area contributed by atoms with E-state index >= 15 is 0 Å². The molecule has 0 aliphatic carbocycles.